The van der Waals surface area contributed by atoms with E-state index < -0.39 is 0 Å². The van der Waals surface area contributed by atoms with Crippen LogP contribution in [0, 0.1) is 13.8 Å². The Kier molecular flexibility index (Phi) is 3.10. The van der Waals surface area contributed by atoms with Crippen molar-refractivity contribution in [3.8, 4) is 0 Å². The Hall–Kier alpha value is -1.32. The summed E-state index contributed by atoms with van der Waals surface area (Å²) in [4.78, 5) is 6.05. The van der Waals surface area contributed by atoms with Crippen LogP contribution in [-0.4, -0.2) is 36.1 Å². The first-order valence-electron chi connectivity index (χ1n) is 6.75. The van der Waals surface area contributed by atoms with Gasteiger partial charge in [0.2, 0.25) is 0 Å². The molecule has 1 aliphatic heterocycles. The molecule has 1 aromatic carbocycles. The number of hydrogen-bond acceptors (Lipinski definition) is 2. The quantitative estimate of drug-likeness (QED) is 0.847. The molecule has 0 aliphatic carbocycles. The lowest BCUT2D eigenvalue weighted by atomic mass is 10.1. The van der Waals surface area contributed by atoms with Gasteiger partial charge in [0.25, 0.3) is 0 Å². The largest absolute Gasteiger partial charge is 0.358 e. The molecule has 1 saturated heterocycles. The van der Waals surface area contributed by atoms with Crippen LogP contribution in [0.5, 0.6) is 0 Å². The van der Waals surface area contributed by atoms with E-state index in [9.17, 15) is 0 Å². The van der Waals surface area contributed by atoms with Gasteiger partial charge >= 0.3 is 0 Å². The molecule has 0 saturated carbocycles. The van der Waals surface area contributed by atoms with Crippen LogP contribution in [0.15, 0.2) is 18.2 Å². The van der Waals surface area contributed by atoms with Gasteiger partial charge < -0.3 is 10.3 Å². The highest BCUT2D eigenvalue weighted by molar-refractivity contribution is 5.85. The molecular formula is C15H21N3. The lowest BCUT2D eigenvalue weighted by Crippen LogP contribution is -2.42. The molecule has 0 radical (unpaired) electrons. The van der Waals surface area contributed by atoms with Crippen LogP contribution in [0.25, 0.3) is 10.9 Å². The number of benzene rings is 1. The minimum absolute atomic E-state index is 1.07. The number of aromatic amines is 1. The lowest BCUT2D eigenvalue weighted by Gasteiger charge is -2.27. The van der Waals surface area contributed by atoms with Crippen molar-refractivity contribution in [2.45, 2.75) is 20.4 Å². The fourth-order valence-electron chi connectivity index (χ4n) is 2.80. The van der Waals surface area contributed by atoms with Gasteiger partial charge in [-0.2, -0.15) is 0 Å². The highest BCUT2D eigenvalue weighted by Gasteiger charge is 2.14. The molecule has 2 aromatic rings. The zero-order valence-electron chi connectivity index (χ0n) is 11.2. The molecule has 2 N–H and O–H groups in total. The maximum Gasteiger partial charge on any atom is 0.0462 e. The summed E-state index contributed by atoms with van der Waals surface area (Å²) in [6.45, 7) is 9.92. The molecule has 0 amide bonds. The second-order valence-electron chi connectivity index (χ2n) is 5.30. The topological polar surface area (TPSA) is 31.1 Å². The number of aryl methyl sites for hydroxylation is 2. The van der Waals surface area contributed by atoms with Crippen LogP contribution >= 0.6 is 0 Å². The van der Waals surface area contributed by atoms with Crippen LogP contribution < -0.4 is 5.32 Å². The van der Waals surface area contributed by atoms with Crippen molar-refractivity contribution in [1.29, 1.82) is 0 Å². The molecule has 3 heteroatoms. The van der Waals surface area contributed by atoms with Crippen molar-refractivity contribution in [3.05, 3.63) is 35.0 Å². The summed E-state index contributed by atoms with van der Waals surface area (Å²) >= 11 is 0. The molecule has 1 fully saturated rings. The average Bonchev–Trinajstić information content (AvgIpc) is 2.66. The van der Waals surface area contributed by atoms with Gasteiger partial charge in [0.15, 0.2) is 0 Å². The number of nitrogens with one attached hydrogen (secondary N) is 2. The molecule has 1 aliphatic rings. The van der Waals surface area contributed by atoms with Gasteiger partial charge in [-0.3, -0.25) is 4.90 Å². The van der Waals surface area contributed by atoms with Crippen molar-refractivity contribution < 1.29 is 0 Å². The fourth-order valence-corrected chi connectivity index (χ4v) is 2.80. The van der Waals surface area contributed by atoms with Crippen molar-refractivity contribution >= 4 is 10.9 Å². The van der Waals surface area contributed by atoms with Crippen LogP contribution in [0.3, 0.4) is 0 Å². The van der Waals surface area contributed by atoms with Crippen LogP contribution in [0.4, 0.5) is 0 Å². The number of aromatic nitrogens is 1. The normalized spacial score (nSPS) is 17.4. The van der Waals surface area contributed by atoms with E-state index in [0.29, 0.717) is 0 Å². The molecule has 1 aromatic heterocycles. The molecule has 18 heavy (non-hydrogen) atoms. The van der Waals surface area contributed by atoms with Crippen LogP contribution in [0.1, 0.15) is 16.8 Å². The van der Waals surface area contributed by atoms with Gasteiger partial charge in [0.05, 0.1) is 0 Å². The van der Waals surface area contributed by atoms with E-state index in [1.807, 2.05) is 0 Å². The van der Waals surface area contributed by atoms with Crippen LogP contribution in [0.2, 0.25) is 0 Å². The molecule has 96 valence electrons. The van der Waals surface area contributed by atoms with Crippen molar-refractivity contribution in [3.63, 3.8) is 0 Å². The molecule has 0 spiro atoms. The van der Waals surface area contributed by atoms with Crippen molar-refractivity contribution in [2.24, 2.45) is 0 Å². The number of nitrogens with zero attached hydrogens (tertiary/aromatic N) is 1. The van der Waals surface area contributed by atoms with E-state index in [1.54, 1.807) is 0 Å². The number of piperazine rings is 1. The van der Waals surface area contributed by atoms with Gasteiger partial charge in [0.1, 0.15) is 0 Å². The lowest BCUT2D eigenvalue weighted by molar-refractivity contribution is 0.233. The first-order valence-corrected chi connectivity index (χ1v) is 6.75. The summed E-state index contributed by atoms with van der Waals surface area (Å²) in [5, 5.41) is 4.79. The molecular weight excluding hydrogens is 222 g/mol. The summed E-state index contributed by atoms with van der Waals surface area (Å²) < 4.78 is 0. The molecule has 0 bridgehead atoms. The van der Waals surface area contributed by atoms with Gasteiger partial charge in [-0.25, -0.2) is 0 Å². The minimum atomic E-state index is 1.07. The standard InChI is InChI=1S/C15H21N3/c1-11-3-4-13-14(12(2)17-15(13)9-11)10-18-7-5-16-6-8-18/h3-4,9,16-17H,5-8,10H2,1-2H3. The maximum absolute atomic E-state index is 3.52. The Morgan fingerprint density at radius 3 is 2.72 bits per heavy atom. The predicted molar refractivity (Wildman–Crippen MR) is 75.9 cm³/mol. The Labute approximate surface area is 108 Å². The molecule has 0 unspecified atom stereocenters. The Bertz CT molecular complexity index is 550. The smallest absolute Gasteiger partial charge is 0.0462 e. The van der Waals surface area contributed by atoms with Crippen LogP contribution in [-0.2, 0) is 6.54 Å². The zero-order chi connectivity index (χ0) is 12.5. The van der Waals surface area contributed by atoms with Gasteiger partial charge in [-0.1, -0.05) is 12.1 Å². The fraction of sp³-hybridized carbons (Fsp3) is 0.467. The summed E-state index contributed by atoms with van der Waals surface area (Å²) in [5.41, 5.74) is 5.37. The molecule has 0 atom stereocenters. The second-order valence-corrected chi connectivity index (χ2v) is 5.30. The predicted octanol–water partition coefficient (Wildman–Crippen LogP) is 2.19. The van der Waals surface area contributed by atoms with E-state index in [2.05, 4.69) is 47.2 Å². The summed E-state index contributed by atoms with van der Waals surface area (Å²) in [6.07, 6.45) is 0. The third kappa shape index (κ3) is 2.16. The number of rotatable bonds is 2. The maximum atomic E-state index is 3.52. The Morgan fingerprint density at radius 2 is 1.94 bits per heavy atom. The monoisotopic (exact) mass is 243 g/mol. The van der Waals surface area contributed by atoms with Crippen molar-refractivity contribution in [2.75, 3.05) is 26.2 Å². The molecule has 3 rings (SSSR count). The van der Waals surface area contributed by atoms with E-state index in [0.717, 1.165) is 32.7 Å². The summed E-state index contributed by atoms with van der Waals surface area (Å²) in [7, 11) is 0. The first-order chi connectivity index (χ1) is 8.74. The highest BCUT2D eigenvalue weighted by Crippen LogP contribution is 2.24. The zero-order valence-corrected chi connectivity index (χ0v) is 11.2. The summed E-state index contributed by atoms with van der Waals surface area (Å²) in [6, 6.07) is 6.70. The van der Waals surface area contributed by atoms with E-state index in [4.69, 9.17) is 0 Å². The highest BCUT2D eigenvalue weighted by atomic mass is 15.2. The third-order valence-electron chi connectivity index (χ3n) is 3.87. The number of H-pyrrole nitrogens is 1. The van der Waals surface area contributed by atoms with E-state index >= 15 is 0 Å². The van der Waals surface area contributed by atoms with Gasteiger partial charge in [-0.05, 0) is 31.0 Å². The Morgan fingerprint density at radius 1 is 1.17 bits per heavy atom. The second kappa shape index (κ2) is 4.75. The summed E-state index contributed by atoms with van der Waals surface area (Å²) in [5.74, 6) is 0. The van der Waals surface area contributed by atoms with E-state index in [1.165, 1.54) is 27.7 Å². The SMILES string of the molecule is Cc1ccc2c(CN3CCNCC3)c(C)[nH]c2c1. The number of fused-ring (bicyclic) bond motifs is 1. The minimum Gasteiger partial charge on any atom is -0.358 e. The van der Waals surface area contributed by atoms with E-state index in [-0.39, 0.29) is 0 Å². The Balaban J connectivity index is 1.92. The molecule has 3 nitrogen and oxygen atoms in total. The number of hydrogen-bond donors (Lipinski definition) is 2. The first kappa shape index (κ1) is 11.8. The third-order valence-corrected chi connectivity index (χ3v) is 3.87. The van der Waals surface area contributed by atoms with Gasteiger partial charge in [0, 0.05) is 49.3 Å². The van der Waals surface area contributed by atoms with Crippen molar-refractivity contribution in [1.82, 2.24) is 15.2 Å². The van der Waals surface area contributed by atoms with Gasteiger partial charge in [-0.15, -0.1) is 0 Å². The molecule has 2 heterocycles. The average molecular weight is 243 g/mol.